The van der Waals surface area contributed by atoms with Crippen LogP contribution in [0, 0.1) is 0 Å². The highest BCUT2D eigenvalue weighted by atomic mass is 32.2. The molecule has 2 rings (SSSR count). The molecule has 0 aliphatic carbocycles. The maximum Gasteiger partial charge on any atom is 0.324 e. The first-order valence-electron chi connectivity index (χ1n) is 4.59. The number of aromatic nitrogens is 1. The third-order valence-corrected chi connectivity index (χ3v) is 4.00. The van der Waals surface area contributed by atoms with Gasteiger partial charge in [0.05, 0.1) is 17.0 Å². The summed E-state index contributed by atoms with van der Waals surface area (Å²) in [6, 6.07) is -0.311. The van der Waals surface area contributed by atoms with E-state index in [1.54, 1.807) is 6.20 Å². The molecule has 1 aliphatic rings. The quantitative estimate of drug-likeness (QED) is 0.601. The van der Waals surface area contributed by atoms with E-state index >= 15 is 0 Å². The largest absolute Gasteiger partial charge is 0.375 e. The van der Waals surface area contributed by atoms with Gasteiger partial charge in [-0.1, -0.05) is 11.3 Å². The lowest BCUT2D eigenvalue weighted by atomic mass is 10.5. The van der Waals surface area contributed by atoms with Gasteiger partial charge in [-0.15, -0.1) is 11.8 Å². The second-order valence-electron chi connectivity index (χ2n) is 3.07. The molecule has 0 spiro atoms. The van der Waals surface area contributed by atoms with Gasteiger partial charge in [0.1, 0.15) is 0 Å². The van der Waals surface area contributed by atoms with Crippen LogP contribution in [0.4, 0.5) is 9.93 Å². The van der Waals surface area contributed by atoms with Gasteiger partial charge in [-0.25, -0.2) is 9.78 Å². The third kappa shape index (κ3) is 2.45. The summed E-state index contributed by atoms with van der Waals surface area (Å²) in [7, 11) is 0. The molecule has 0 bridgehead atoms. The van der Waals surface area contributed by atoms with Gasteiger partial charge in [0.15, 0.2) is 5.13 Å². The van der Waals surface area contributed by atoms with Gasteiger partial charge in [0.2, 0.25) is 5.91 Å². The molecule has 3 N–H and O–H groups in total. The number of thiazole rings is 1. The number of imide groups is 1. The molecule has 0 saturated carbocycles. The molecule has 6 nitrogen and oxygen atoms in total. The fourth-order valence-corrected chi connectivity index (χ4v) is 3.02. The number of anilines is 1. The minimum atomic E-state index is -0.311. The first-order chi connectivity index (χ1) is 7.66. The normalized spacial score (nSPS) is 15.6. The van der Waals surface area contributed by atoms with Crippen LogP contribution in [-0.4, -0.2) is 40.7 Å². The fraction of sp³-hybridized carbons (Fsp3) is 0.375. The summed E-state index contributed by atoms with van der Waals surface area (Å²) in [4.78, 5) is 27.6. The lowest BCUT2D eigenvalue weighted by Gasteiger charge is -2.10. The van der Waals surface area contributed by atoms with Crippen LogP contribution >= 0.6 is 23.1 Å². The zero-order valence-electron chi connectivity index (χ0n) is 8.30. The highest BCUT2D eigenvalue weighted by molar-refractivity contribution is 8.01. The molecular formula is C8H10N4O2S2. The first-order valence-corrected chi connectivity index (χ1v) is 6.39. The number of rotatable bonds is 4. The Labute approximate surface area is 100 Å². The highest BCUT2D eigenvalue weighted by Gasteiger charge is 2.27. The van der Waals surface area contributed by atoms with Gasteiger partial charge in [0, 0.05) is 12.3 Å². The maximum absolute atomic E-state index is 11.2. The number of nitrogen functional groups attached to an aromatic ring is 1. The van der Waals surface area contributed by atoms with E-state index in [1.165, 1.54) is 28.0 Å². The molecule has 1 aliphatic heterocycles. The zero-order valence-corrected chi connectivity index (χ0v) is 9.94. The number of nitrogens with two attached hydrogens (primary N) is 1. The van der Waals surface area contributed by atoms with Crippen LogP contribution in [0.25, 0.3) is 0 Å². The van der Waals surface area contributed by atoms with Crippen molar-refractivity contribution >= 4 is 40.2 Å². The van der Waals surface area contributed by atoms with Crippen molar-refractivity contribution in [3.63, 3.8) is 0 Å². The Morgan fingerprint density at radius 2 is 2.44 bits per heavy atom. The van der Waals surface area contributed by atoms with E-state index in [9.17, 15) is 9.59 Å². The SMILES string of the molecule is Nc1ncc(SCCN2C(=O)CNC2=O)s1. The zero-order chi connectivity index (χ0) is 11.5. The molecule has 0 aromatic carbocycles. The summed E-state index contributed by atoms with van der Waals surface area (Å²) in [6.45, 7) is 0.518. The number of amides is 3. The van der Waals surface area contributed by atoms with Crippen molar-refractivity contribution in [1.82, 2.24) is 15.2 Å². The van der Waals surface area contributed by atoms with Crippen molar-refractivity contribution in [2.75, 3.05) is 24.6 Å². The van der Waals surface area contributed by atoms with Crippen LogP contribution in [0.1, 0.15) is 0 Å². The topological polar surface area (TPSA) is 88.3 Å². The Morgan fingerprint density at radius 3 is 3.00 bits per heavy atom. The van der Waals surface area contributed by atoms with Crippen molar-refractivity contribution in [2.45, 2.75) is 4.21 Å². The lowest BCUT2D eigenvalue weighted by Crippen LogP contribution is -2.32. The molecule has 0 unspecified atom stereocenters. The number of urea groups is 1. The van der Waals surface area contributed by atoms with Gasteiger partial charge in [-0.05, 0) is 0 Å². The van der Waals surface area contributed by atoms with E-state index in [1.807, 2.05) is 0 Å². The molecule has 3 amide bonds. The van der Waals surface area contributed by atoms with Crippen LogP contribution < -0.4 is 11.1 Å². The van der Waals surface area contributed by atoms with E-state index < -0.39 is 0 Å². The molecule has 1 fully saturated rings. The van der Waals surface area contributed by atoms with Gasteiger partial charge in [-0.2, -0.15) is 0 Å². The van der Waals surface area contributed by atoms with Crippen molar-refractivity contribution < 1.29 is 9.59 Å². The first kappa shape index (κ1) is 11.2. The summed E-state index contributed by atoms with van der Waals surface area (Å²) >= 11 is 2.93. The fourth-order valence-electron chi connectivity index (χ4n) is 1.26. The molecule has 1 aromatic rings. The predicted molar refractivity (Wildman–Crippen MR) is 62.4 cm³/mol. The molecule has 16 heavy (non-hydrogen) atoms. The second-order valence-corrected chi connectivity index (χ2v) is 5.53. The number of thioether (sulfide) groups is 1. The average molecular weight is 258 g/mol. The molecule has 86 valence electrons. The van der Waals surface area contributed by atoms with Crippen molar-refractivity contribution in [3.05, 3.63) is 6.20 Å². The average Bonchev–Trinajstić information content (AvgIpc) is 2.78. The van der Waals surface area contributed by atoms with Gasteiger partial charge >= 0.3 is 6.03 Å². The van der Waals surface area contributed by atoms with Gasteiger partial charge in [-0.3, -0.25) is 9.69 Å². The predicted octanol–water partition coefficient (Wildman–Crippen LogP) is 0.369. The van der Waals surface area contributed by atoms with E-state index in [0.29, 0.717) is 17.4 Å². The minimum absolute atomic E-state index is 0.108. The van der Waals surface area contributed by atoms with Crippen molar-refractivity contribution in [1.29, 1.82) is 0 Å². The minimum Gasteiger partial charge on any atom is -0.375 e. The van der Waals surface area contributed by atoms with Crippen LogP contribution in [0.15, 0.2) is 10.4 Å². The number of nitrogens with zero attached hydrogens (tertiary/aromatic N) is 2. The number of hydrogen-bond acceptors (Lipinski definition) is 6. The number of carbonyl (C=O) groups excluding carboxylic acids is 2. The van der Waals surface area contributed by atoms with Crippen LogP contribution in [0.3, 0.4) is 0 Å². The lowest BCUT2D eigenvalue weighted by molar-refractivity contribution is -0.124. The summed E-state index contributed by atoms with van der Waals surface area (Å²) in [5, 5.41) is 3.00. The van der Waals surface area contributed by atoms with Crippen molar-refractivity contribution in [2.24, 2.45) is 0 Å². The molecule has 2 heterocycles. The van der Waals surface area contributed by atoms with E-state index in [-0.39, 0.29) is 18.5 Å². The van der Waals surface area contributed by atoms with Crippen LogP contribution in [0.2, 0.25) is 0 Å². The van der Waals surface area contributed by atoms with E-state index in [4.69, 9.17) is 5.73 Å². The summed E-state index contributed by atoms with van der Waals surface area (Å²) in [5.41, 5.74) is 5.48. The van der Waals surface area contributed by atoms with E-state index in [2.05, 4.69) is 10.3 Å². The molecular weight excluding hydrogens is 248 g/mol. The van der Waals surface area contributed by atoms with Crippen molar-refractivity contribution in [3.8, 4) is 0 Å². The van der Waals surface area contributed by atoms with Crippen LogP contribution in [-0.2, 0) is 4.79 Å². The molecule has 8 heteroatoms. The van der Waals surface area contributed by atoms with Gasteiger partial charge in [0.25, 0.3) is 0 Å². The highest BCUT2D eigenvalue weighted by Crippen LogP contribution is 2.26. The van der Waals surface area contributed by atoms with E-state index in [0.717, 1.165) is 4.21 Å². The Hall–Kier alpha value is -1.28. The Bertz CT molecular complexity index is 404. The smallest absolute Gasteiger partial charge is 0.324 e. The third-order valence-electron chi connectivity index (χ3n) is 2.00. The number of nitrogens with one attached hydrogen (secondary N) is 1. The summed E-state index contributed by atoms with van der Waals surface area (Å²) < 4.78 is 0.990. The Morgan fingerprint density at radius 1 is 1.62 bits per heavy atom. The molecule has 1 saturated heterocycles. The standard InChI is InChI=1S/C8H10N4O2S2/c9-7-10-4-6(16-7)15-2-1-12-5(13)3-11-8(12)14/h4H,1-3H2,(H2,9,10)(H,11,14). The Kier molecular flexibility index (Phi) is 3.30. The molecule has 1 aromatic heterocycles. The monoisotopic (exact) mass is 258 g/mol. The second kappa shape index (κ2) is 4.71. The Balaban J connectivity index is 1.80. The molecule has 0 atom stereocenters. The van der Waals surface area contributed by atoms with Crippen LogP contribution in [0.5, 0.6) is 0 Å². The maximum atomic E-state index is 11.2. The number of hydrogen-bond donors (Lipinski definition) is 2. The summed E-state index contributed by atoms with van der Waals surface area (Å²) in [6.07, 6.45) is 1.69. The van der Waals surface area contributed by atoms with Gasteiger partial charge < -0.3 is 11.1 Å². The number of carbonyl (C=O) groups is 2. The summed E-state index contributed by atoms with van der Waals surface area (Å²) in [5.74, 6) is 0.482. The molecule has 0 radical (unpaired) electrons.